The van der Waals surface area contributed by atoms with Crippen molar-refractivity contribution < 1.29 is 9.63 Å². The number of fused-ring (bicyclic) bond motifs is 1. The van der Waals surface area contributed by atoms with Crippen molar-refractivity contribution in [3.63, 3.8) is 0 Å². The van der Waals surface area contributed by atoms with Crippen LogP contribution in [0.25, 0.3) is 22.2 Å². The molecule has 0 atom stereocenters. The Morgan fingerprint density at radius 2 is 2.17 bits per heavy atom. The van der Waals surface area contributed by atoms with Gasteiger partial charge in [0.1, 0.15) is 11.4 Å². The molecule has 92 valence electrons. The van der Waals surface area contributed by atoms with Crippen molar-refractivity contribution >= 4 is 16.8 Å². The zero-order valence-electron chi connectivity index (χ0n) is 10.1. The number of nitrogen functional groups attached to an aromatic ring is 1. The fourth-order valence-corrected chi connectivity index (χ4v) is 2.31. The molecule has 0 radical (unpaired) electrons. The van der Waals surface area contributed by atoms with Gasteiger partial charge in [0.25, 0.3) is 0 Å². The van der Waals surface area contributed by atoms with Gasteiger partial charge in [-0.3, -0.25) is 0 Å². The lowest BCUT2D eigenvalue weighted by molar-refractivity contribution is 0.439. The van der Waals surface area contributed by atoms with Crippen LogP contribution in [0.5, 0.6) is 5.75 Å². The molecule has 2 heterocycles. The maximum Gasteiger partial charge on any atom is 0.222 e. The van der Waals surface area contributed by atoms with E-state index < -0.39 is 0 Å². The van der Waals surface area contributed by atoms with Gasteiger partial charge in [0.2, 0.25) is 5.88 Å². The molecule has 5 heteroatoms. The first-order valence-corrected chi connectivity index (χ1v) is 5.59. The minimum absolute atomic E-state index is 0.229. The summed E-state index contributed by atoms with van der Waals surface area (Å²) in [4.78, 5) is 0. The summed E-state index contributed by atoms with van der Waals surface area (Å²) < 4.78 is 6.92. The van der Waals surface area contributed by atoms with Gasteiger partial charge in [0.05, 0.1) is 10.9 Å². The molecule has 0 fully saturated rings. The Balaban J connectivity index is 2.45. The summed E-state index contributed by atoms with van der Waals surface area (Å²) in [5, 5.41) is 14.8. The van der Waals surface area contributed by atoms with Crippen LogP contribution in [0.3, 0.4) is 0 Å². The van der Waals surface area contributed by atoms with Crippen molar-refractivity contribution in [3.8, 4) is 17.0 Å². The van der Waals surface area contributed by atoms with E-state index in [0.717, 1.165) is 22.2 Å². The monoisotopic (exact) mass is 243 g/mol. The molecule has 0 aliphatic rings. The number of nitrogens with zero attached hydrogens (tertiary/aromatic N) is 2. The topological polar surface area (TPSA) is 77.2 Å². The standard InChI is InChI=1S/C13H13N3O2/c1-7-12(8-6-11(14)18-15-8)13-9(16(7)2)4-3-5-10(13)17/h3-6,17H,14H2,1-2H3. The number of benzene rings is 1. The Morgan fingerprint density at radius 1 is 1.39 bits per heavy atom. The van der Waals surface area contributed by atoms with Crippen LogP contribution in [0.15, 0.2) is 28.8 Å². The Labute approximate surface area is 103 Å². The average molecular weight is 243 g/mol. The van der Waals surface area contributed by atoms with Crippen molar-refractivity contribution in [2.75, 3.05) is 5.73 Å². The fourth-order valence-electron chi connectivity index (χ4n) is 2.31. The van der Waals surface area contributed by atoms with Crippen molar-refractivity contribution in [2.24, 2.45) is 7.05 Å². The quantitative estimate of drug-likeness (QED) is 0.688. The summed E-state index contributed by atoms with van der Waals surface area (Å²) in [6.45, 7) is 1.97. The summed E-state index contributed by atoms with van der Waals surface area (Å²) >= 11 is 0. The molecule has 0 bridgehead atoms. The number of anilines is 1. The summed E-state index contributed by atoms with van der Waals surface area (Å²) in [5.74, 6) is 0.490. The number of hydrogen-bond donors (Lipinski definition) is 2. The van der Waals surface area contributed by atoms with Gasteiger partial charge in [0.15, 0.2) is 0 Å². The lowest BCUT2D eigenvalue weighted by Gasteiger charge is -1.97. The molecule has 0 unspecified atom stereocenters. The minimum Gasteiger partial charge on any atom is -0.507 e. The number of phenolic OH excluding ortho intramolecular Hbond substituents is 1. The largest absolute Gasteiger partial charge is 0.507 e. The maximum atomic E-state index is 10.1. The van der Waals surface area contributed by atoms with Crippen molar-refractivity contribution in [1.82, 2.24) is 9.72 Å². The molecular weight excluding hydrogens is 230 g/mol. The van der Waals surface area contributed by atoms with Gasteiger partial charge < -0.3 is 19.9 Å². The third-order valence-corrected chi connectivity index (χ3v) is 3.28. The Morgan fingerprint density at radius 3 is 2.83 bits per heavy atom. The van der Waals surface area contributed by atoms with Gasteiger partial charge in [-0.1, -0.05) is 11.2 Å². The molecule has 0 amide bonds. The second kappa shape index (κ2) is 3.53. The van der Waals surface area contributed by atoms with Crippen LogP contribution >= 0.6 is 0 Å². The summed E-state index contributed by atoms with van der Waals surface area (Å²) in [6.07, 6.45) is 0. The molecule has 3 rings (SSSR count). The Kier molecular flexibility index (Phi) is 2.10. The van der Waals surface area contributed by atoms with E-state index in [-0.39, 0.29) is 11.6 Å². The zero-order valence-corrected chi connectivity index (χ0v) is 10.1. The van der Waals surface area contributed by atoms with Crippen molar-refractivity contribution in [1.29, 1.82) is 0 Å². The van der Waals surface area contributed by atoms with E-state index in [1.54, 1.807) is 12.1 Å². The average Bonchev–Trinajstić information content (AvgIpc) is 2.86. The molecule has 0 aliphatic carbocycles. The summed E-state index contributed by atoms with van der Waals surface area (Å²) in [7, 11) is 1.95. The Hall–Kier alpha value is -2.43. The molecule has 18 heavy (non-hydrogen) atoms. The van der Waals surface area contributed by atoms with Crippen LogP contribution in [0.2, 0.25) is 0 Å². The third kappa shape index (κ3) is 1.30. The number of aromatic nitrogens is 2. The van der Waals surface area contributed by atoms with Gasteiger partial charge in [-0.15, -0.1) is 0 Å². The summed E-state index contributed by atoms with van der Waals surface area (Å²) in [6, 6.07) is 7.09. The van der Waals surface area contributed by atoms with Gasteiger partial charge in [-0.2, -0.15) is 0 Å². The van der Waals surface area contributed by atoms with Crippen LogP contribution in [-0.4, -0.2) is 14.8 Å². The molecule has 2 aromatic heterocycles. The highest BCUT2D eigenvalue weighted by atomic mass is 16.5. The number of rotatable bonds is 1. The lowest BCUT2D eigenvalue weighted by Crippen LogP contribution is -1.90. The first-order chi connectivity index (χ1) is 8.59. The first kappa shape index (κ1) is 10.7. The second-order valence-electron chi connectivity index (χ2n) is 4.31. The number of aromatic hydroxyl groups is 1. The molecule has 3 N–H and O–H groups in total. The van der Waals surface area contributed by atoms with E-state index in [2.05, 4.69) is 5.16 Å². The molecule has 0 aliphatic heterocycles. The molecule has 0 saturated carbocycles. The Bertz CT molecular complexity index is 740. The van der Waals surface area contributed by atoms with E-state index in [0.29, 0.717) is 5.69 Å². The lowest BCUT2D eigenvalue weighted by atomic mass is 10.1. The van der Waals surface area contributed by atoms with Crippen LogP contribution in [0.4, 0.5) is 5.88 Å². The van der Waals surface area contributed by atoms with Gasteiger partial charge in [-0.05, 0) is 19.1 Å². The smallest absolute Gasteiger partial charge is 0.222 e. The van der Waals surface area contributed by atoms with E-state index in [9.17, 15) is 5.11 Å². The highest BCUT2D eigenvalue weighted by Crippen LogP contribution is 2.38. The highest BCUT2D eigenvalue weighted by molar-refractivity contribution is 6.01. The van der Waals surface area contributed by atoms with Crippen LogP contribution < -0.4 is 5.73 Å². The predicted octanol–water partition coefficient (Wildman–Crippen LogP) is 2.43. The molecule has 0 saturated heterocycles. The fraction of sp³-hybridized carbons (Fsp3) is 0.154. The van der Waals surface area contributed by atoms with Crippen LogP contribution in [0.1, 0.15) is 5.69 Å². The molecular formula is C13H13N3O2. The van der Waals surface area contributed by atoms with Crippen LogP contribution in [0, 0.1) is 6.92 Å². The third-order valence-electron chi connectivity index (χ3n) is 3.28. The van der Waals surface area contributed by atoms with E-state index in [1.165, 1.54) is 0 Å². The van der Waals surface area contributed by atoms with Gasteiger partial charge in [-0.25, -0.2) is 0 Å². The number of phenols is 1. The SMILES string of the molecule is Cc1c(-c2cc(N)on2)c2c(O)cccc2n1C. The predicted molar refractivity (Wildman–Crippen MR) is 69.2 cm³/mol. The van der Waals surface area contributed by atoms with E-state index in [4.69, 9.17) is 10.3 Å². The van der Waals surface area contributed by atoms with Crippen molar-refractivity contribution in [3.05, 3.63) is 30.0 Å². The normalized spacial score (nSPS) is 11.2. The number of nitrogens with two attached hydrogens (primary N) is 1. The van der Waals surface area contributed by atoms with Crippen molar-refractivity contribution in [2.45, 2.75) is 6.92 Å². The maximum absolute atomic E-state index is 10.1. The zero-order chi connectivity index (χ0) is 12.9. The molecule has 1 aromatic carbocycles. The van der Waals surface area contributed by atoms with E-state index >= 15 is 0 Å². The van der Waals surface area contributed by atoms with E-state index in [1.807, 2.05) is 30.7 Å². The second-order valence-corrected chi connectivity index (χ2v) is 4.31. The summed E-state index contributed by atoms with van der Waals surface area (Å²) in [5.41, 5.74) is 8.99. The highest BCUT2D eigenvalue weighted by Gasteiger charge is 2.19. The van der Waals surface area contributed by atoms with Gasteiger partial charge >= 0.3 is 0 Å². The molecule has 5 nitrogen and oxygen atoms in total. The minimum atomic E-state index is 0.229. The molecule has 0 spiro atoms. The van der Waals surface area contributed by atoms with Crippen LogP contribution in [-0.2, 0) is 7.05 Å². The molecule has 3 aromatic rings. The van der Waals surface area contributed by atoms with Gasteiger partial charge in [0, 0.05) is 24.4 Å². The number of hydrogen-bond acceptors (Lipinski definition) is 4. The first-order valence-electron chi connectivity index (χ1n) is 5.59. The number of aryl methyl sites for hydroxylation is 1.